The Morgan fingerprint density at radius 1 is 0.420 bits per heavy atom. The Labute approximate surface area is 313 Å². The van der Waals surface area contributed by atoms with Gasteiger partial charge in [0.25, 0.3) is 0 Å². The van der Waals surface area contributed by atoms with E-state index in [0.29, 0.717) is 19.3 Å². The number of esters is 2. The molecule has 0 atom stereocenters. The Morgan fingerprint density at radius 2 is 0.700 bits per heavy atom. The molecule has 0 radical (unpaired) electrons. The molecular formula is C45H87NO4. The lowest BCUT2D eigenvalue weighted by atomic mass is 10.1. The Hall–Kier alpha value is -1.62. The highest BCUT2D eigenvalue weighted by molar-refractivity contribution is 5.71. The summed E-state index contributed by atoms with van der Waals surface area (Å²) < 4.78 is 10.8. The van der Waals surface area contributed by atoms with Gasteiger partial charge >= 0.3 is 11.9 Å². The summed E-state index contributed by atoms with van der Waals surface area (Å²) in [6.07, 6.45) is 42.0. The van der Waals surface area contributed by atoms with Gasteiger partial charge < -0.3 is 14.4 Å². The van der Waals surface area contributed by atoms with Gasteiger partial charge in [0.05, 0.1) is 0 Å². The lowest BCUT2D eigenvalue weighted by molar-refractivity contribution is -0.188. The molecule has 0 unspecified atom stereocenters. The number of rotatable bonds is 36. The molecule has 50 heavy (non-hydrogen) atoms. The van der Waals surface area contributed by atoms with E-state index in [4.69, 9.17) is 9.47 Å². The minimum atomic E-state index is -0.744. The summed E-state index contributed by atoms with van der Waals surface area (Å²) in [5.41, 5.74) is 0. The first-order chi connectivity index (χ1) is 24.5. The van der Waals surface area contributed by atoms with Gasteiger partial charge in [0.1, 0.15) is 0 Å². The van der Waals surface area contributed by atoms with Crippen molar-refractivity contribution in [3.63, 3.8) is 0 Å². The van der Waals surface area contributed by atoms with E-state index in [1.54, 1.807) is 0 Å². The maximum atomic E-state index is 12.2. The molecule has 0 saturated heterocycles. The van der Waals surface area contributed by atoms with Gasteiger partial charge in [-0.25, -0.2) is 0 Å². The molecule has 0 heterocycles. The normalized spacial score (nSPS) is 11.5. The second kappa shape index (κ2) is 43.5. The number of nitrogens with zero attached hydrogens (tertiary/aromatic N) is 1. The van der Waals surface area contributed by atoms with Crippen molar-refractivity contribution >= 4 is 11.9 Å². The van der Waals surface area contributed by atoms with E-state index in [0.717, 1.165) is 38.5 Å². The van der Waals surface area contributed by atoms with Crippen LogP contribution in [0.4, 0.5) is 0 Å². The molecule has 5 nitrogen and oxygen atoms in total. The molecule has 0 aromatic rings. The fourth-order valence-corrected chi connectivity index (χ4v) is 5.95. The van der Waals surface area contributed by atoms with Crippen molar-refractivity contribution in [1.82, 2.24) is 4.90 Å². The van der Waals surface area contributed by atoms with Crippen molar-refractivity contribution in [3.8, 4) is 0 Å². The summed E-state index contributed by atoms with van der Waals surface area (Å²) in [5, 5.41) is 0. The van der Waals surface area contributed by atoms with E-state index < -0.39 is 6.29 Å². The third-order valence-corrected chi connectivity index (χ3v) is 9.49. The molecule has 0 aliphatic rings. The van der Waals surface area contributed by atoms with Gasteiger partial charge in [-0.15, -0.1) is 0 Å². The molecule has 296 valence electrons. The molecule has 0 aliphatic heterocycles. The Bertz CT molecular complexity index is 686. The molecule has 0 aliphatic carbocycles. The summed E-state index contributed by atoms with van der Waals surface area (Å²) in [5.74, 6) is -0.503. The molecule has 0 rings (SSSR count). The fourth-order valence-electron chi connectivity index (χ4n) is 5.95. The van der Waals surface area contributed by atoms with Crippen LogP contribution in [0.2, 0.25) is 0 Å². The highest BCUT2D eigenvalue weighted by Crippen LogP contribution is 2.14. The van der Waals surface area contributed by atoms with Gasteiger partial charge in [-0.3, -0.25) is 9.59 Å². The summed E-state index contributed by atoms with van der Waals surface area (Å²) in [4.78, 5) is 26.8. The van der Waals surface area contributed by atoms with E-state index in [1.165, 1.54) is 148 Å². The number of ether oxygens (including phenoxy) is 2. The second-order valence-corrected chi connectivity index (χ2v) is 14.1. The standard InChI is InChI=1S/C39H72O4.C6H15N/c1-4-7-9-11-13-15-17-19-21-23-25-27-29-31-33-35-37(40)42-39(6-3)43-38(41)36-34-32-30-28-26-24-22-20-18-16-14-12-10-8-5-2;1-4-7(5-2)6-3/h19-22,39H,4-18,23-36H2,1-3H3;4-6H2,1-3H3/b21-19-,22-20-;. The van der Waals surface area contributed by atoms with Crippen LogP contribution in [0, 0.1) is 0 Å². The van der Waals surface area contributed by atoms with Gasteiger partial charge in [0.15, 0.2) is 0 Å². The van der Waals surface area contributed by atoms with E-state index >= 15 is 0 Å². The van der Waals surface area contributed by atoms with Gasteiger partial charge in [-0.1, -0.05) is 169 Å². The van der Waals surface area contributed by atoms with Crippen LogP contribution >= 0.6 is 0 Å². The van der Waals surface area contributed by atoms with Gasteiger partial charge in [0.2, 0.25) is 6.29 Å². The minimum Gasteiger partial charge on any atom is -0.425 e. The third-order valence-electron chi connectivity index (χ3n) is 9.49. The quantitative estimate of drug-likeness (QED) is 0.0281. The minimum absolute atomic E-state index is 0.252. The lowest BCUT2D eigenvalue weighted by Gasteiger charge is -2.16. The fraction of sp³-hybridized carbons (Fsp3) is 0.867. The van der Waals surface area contributed by atoms with Crippen LogP contribution in [0.5, 0.6) is 0 Å². The molecule has 5 heteroatoms. The van der Waals surface area contributed by atoms with Gasteiger partial charge in [0, 0.05) is 19.3 Å². The SMILES string of the molecule is CCCCCCCC/C=C\CCCCCCCC(=O)OC(CC)OC(=O)CCCCCCC/C=C\CCCCCCCC.CCN(CC)CC. The van der Waals surface area contributed by atoms with E-state index in [1.807, 2.05) is 6.92 Å². The Morgan fingerprint density at radius 3 is 0.960 bits per heavy atom. The lowest BCUT2D eigenvalue weighted by Crippen LogP contribution is -2.23. The zero-order valence-corrected chi connectivity index (χ0v) is 34.6. The van der Waals surface area contributed by atoms with E-state index in [2.05, 4.69) is 63.8 Å². The highest BCUT2D eigenvalue weighted by Gasteiger charge is 2.16. The predicted octanol–water partition coefficient (Wildman–Crippen LogP) is 14.2. The Kier molecular flexibility index (Phi) is 44.0. The number of carbonyl (C=O) groups excluding carboxylic acids is 2. The zero-order chi connectivity index (χ0) is 37.2. The molecule has 0 saturated carbocycles. The van der Waals surface area contributed by atoms with Crippen molar-refractivity contribution in [2.24, 2.45) is 0 Å². The molecule has 0 N–H and O–H groups in total. The first-order valence-electron chi connectivity index (χ1n) is 21.9. The number of hydrogen-bond acceptors (Lipinski definition) is 5. The number of allylic oxidation sites excluding steroid dienone is 4. The van der Waals surface area contributed by atoms with Gasteiger partial charge in [-0.05, 0) is 83.8 Å². The van der Waals surface area contributed by atoms with E-state index in [9.17, 15) is 9.59 Å². The summed E-state index contributed by atoms with van der Waals surface area (Å²) in [6, 6.07) is 0. The maximum Gasteiger partial charge on any atom is 0.308 e. The topological polar surface area (TPSA) is 55.8 Å². The van der Waals surface area contributed by atoms with Crippen LogP contribution in [-0.2, 0) is 19.1 Å². The molecule has 0 fully saturated rings. The Balaban J connectivity index is 0. The molecule has 0 amide bonds. The first-order valence-corrected chi connectivity index (χ1v) is 21.9. The predicted molar refractivity (Wildman–Crippen MR) is 219 cm³/mol. The first kappa shape index (κ1) is 50.5. The van der Waals surface area contributed by atoms with Crippen molar-refractivity contribution in [1.29, 1.82) is 0 Å². The summed E-state index contributed by atoms with van der Waals surface area (Å²) in [7, 11) is 0. The maximum absolute atomic E-state index is 12.2. The van der Waals surface area contributed by atoms with E-state index in [-0.39, 0.29) is 11.9 Å². The van der Waals surface area contributed by atoms with Crippen molar-refractivity contribution < 1.29 is 19.1 Å². The number of hydrogen-bond donors (Lipinski definition) is 0. The van der Waals surface area contributed by atoms with Crippen molar-refractivity contribution in [2.75, 3.05) is 19.6 Å². The van der Waals surface area contributed by atoms with Crippen LogP contribution in [0.1, 0.15) is 228 Å². The average molecular weight is 706 g/mol. The molecule has 0 spiro atoms. The average Bonchev–Trinajstić information content (AvgIpc) is 3.12. The molecule has 0 aromatic carbocycles. The number of unbranched alkanes of at least 4 members (excludes halogenated alkanes) is 22. The smallest absolute Gasteiger partial charge is 0.308 e. The summed E-state index contributed by atoms with van der Waals surface area (Å²) in [6.45, 7) is 16.5. The van der Waals surface area contributed by atoms with Crippen LogP contribution in [0.3, 0.4) is 0 Å². The monoisotopic (exact) mass is 706 g/mol. The molecule has 0 aromatic heterocycles. The largest absolute Gasteiger partial charge is 0.425 e. The second-order valence-electron chi connectivity index (χ2n) is 14.1. The van der Waals surface area contributed by atoms with Gasteiger partial charge in [-0.2, -0.15) is 0 Å². The highest BCUT2D eigenvalue weighted by atomic mass is 16.7. The third kappa shape index (κ3) is 40.8. The van der Waals surface area contributed by atoms with Crippen LogP contribution in [0.25, 0.3) is 0 Å². The van der Waals surface area contributed by atoms with Crippen LogP contribution in [0.15, 0.2) is 24.3 Å². The number of carbonyl (C=O) groups is 2. The van der Waals surface area contributed by atoms with Crippen molar-refractivity contribution in [3.05, 3.63) is 24.3 Å². The van der Waals surface area contributed by atoms with Crippen molar-refractivity contribution in [2.45, 2.75) is 234 Å². The molecule has 0 bridgehead atoms. The summed E-state index contributed by atoms with van der Waals surface area (Å²) >= 11 is 0. The molecular weight excluding hydrogens is 618 g/mol. The van der Waals surface area contributed by atoms with Crippen LogP contribution < -0.4 is 0 Å². The van der Waals surface area contributed by atoms with Crippen LogP contribution in [-0.4, -0.2) is 42.8 Å². The zero-order valence-electron chi connectivity index (χ0n) is 34.6.